The van der Waals surface area contributed by atoms with E-state index in [1.165, 1.54) is 45.8 Å². The molecule has 9 nitrogen and oxygen atoms in total. The van der Waals surface area contributed by atoms with Crippen LogP contribution >= 0.6 is 0 Å². The number of nitrogens with one attached hydrogen (secondary N) is 2. The Hall–Kier alpha value is -3.46. The molecule has 0 bridgehead atoms. The second-order valence-corrected chi connectivity index (χ2v) is 4.92. The van der Waals surface area contributed by atoms with Crippen LogP contribution in [0, 0.1) is 0 Å². The maximum atomic E-state index is 12.6. The van der Waals surface area contributed by atoms with Gasteiger partial charge in [-0.05, 0) is 24.3 Å². The average Bonchev–Trinajstić information content (AvgIpc) is 3.18. The molecule has 1 heterocycles. The largest absolute Gasteiger partial charge is 0.493 e. The first-order chi connectivity index (χ1) is 12.5. The SMILES string of the molecule is COc1cc(C(=O)NC(=Cc2ccco2)C(=O)NN)cc(OC)c1OC. The van der Waals surface area contributed by atoms with Crippen LogP contribution in [-0.2, 0) is 4.79 Å². The van der Waals surface area contributed by atoms with Gasteiger partial charge in [-0.15, -0.1) is 0 Å². The number of benzene rings is 1. The average molecular weight is 361 g/mol. The Bertz CT molecular complexity index is 789. The number of methoxy groups -OCH3 is 3. The van der Waals surface area contributed by atoms with E-state index in [0.717, 1.165) is 0 Å². The molecule has 0 fully saturated rings. The van der Waals surface area contributed by atoms with E-state index < -0.39 is 11.8 Å². The summed E-state index contributed by atoms with van der Waals surface area (Å²) >= 11 is 0. The van der Waals surface area contributed by atoms with Gasteiger partial charge in [-0.3, -0.25) is 15.0 Å². The van der Waals surface area contributed by atoms with E-state index in [9.17, 15) is 9.59 Å². The van der Waals surface area contributed by atoms with Crippen LogP contribution in [-0.4, -0.2) is 33.1 Å². The number of amides is 2. The van der Waals surface area contributed by atoms with Gasteiger partial charge in [0.2, 0.25) is 5.75 Å². The van der Waals surface area contributed by atoms with Crippen LogP contribution in [0.5, 0.6) is 17.2 Å². The van der Waals surface area contributed by atoms with E-state index in [0.29, 0.717) is 23.0 Å². The van der Waals surface area contributed by atoms with Crippen molar-refractivity contribution >= 4 is 17.9 Å². The Labute approximate surface area is 149 Å². The molecule has 0 radical (unpaired) electrons. The molecule has 0 aliphatic heterocycles. The zero-order chi connectivity index (χ0) is 19.1. The van der Waals surface area contributed by atoms with Crippen LogP contribution in [0.15, 0.2) is 40.6 Å². The van der Waals surface area contributed by atoms with Gasteiger partial charge in [0, 0.05) is 11.6 Å². The molecule has 1 aromatic heterocycles. The Morgan fingerprint density at radius 2 is 1.77 bits per heavy atom. The van der Waals surface area contributed by atoms with E-state index in [4.69, 9.17) is 24.5 Å². The number of carbonyl (C=O) groups excluding carboxylic acids is 2. The molecule has 2 amide bonds. The highest BCUT2D eigenvalue weighted by Crippen LogP contribution is 2.38. The zero-order valence-electron chi connectivity index (χ0n) is 14.5. The summed E-state index contributed by atoms with van der Waals surface area (Å²) in [5, 5.41) is 2.48. The van der Waals surface area contributed by atoms with Crippen molar-refractivity contribution in [1.82, 2.24) is 10.7 Å². The van der Waals surface area contributed by atoms with Crippen molar-refractivity contribution in [1.29, 1.82) is 0 Å². The van der Waals surface area contributed by atoms with Crippen LogP contribution in [0.4, 0.5) is 0 Å². The Morgan fingerprint density at radius 1 is 1.12 bits per heavy atom. The lowest BCUT2D eigenvalue weighted by Crippen LogP contribution is -2.38. The lowest BCUT2D eigenvalue weighted by atomic mass is 10.1. The molecular formula is C17H19N3O6. The van der Waals surface area contributed by atoms with Crippen LogP contribution < -0.4 is 30.8 Å². The molecule has 1 aromatic carbocycles. The summed E-state index contributed by atoms with van der Waals surface area (Å²) in [5.41, 5.74) is 2.06. The number of hydrogen-bond acceptors (Lipinski definition) is 7. The summed E-state index contributed by atoms with van der Waals surface area (Å²) < 4.78 is 20.8. The number of hydrazine groups is 1. The van der Waals surface area contributed by atoms with Gasteiger partial charge in [0.05, 0.1) is 27.6 Å². The molecule has 138 valence electrons. The van der Waals surface area contributed by atoms with Crippen molar-refractivity contribution in [3.8, 4) is 17.2 Å². The Kier molecular flexibility index (Phi) is 6.23. The summed E-state index contributed by atoms with van der Waals surface area (Å²) in [5.74, 6) is 5.22. The van der Waals surface area contributed by atoms with Crippen LogP contribution in [0.3, 0.4) is 0 Å². The summed E-state index contributed by atoms with van der Waals surface area (Å²) in [6, 6.07) is 6.18. The van der Waals surface area contributed by atoms with Gasteiger partial charge in [-0.25, -0.2) is 5.84 Å². The highest BCUT2D eigenvalue weighted by molar-refractivity contribution is 6.05. The van der Waals surface area contributed by atoms with Crippen LogP contribution in [0.1, 0.15) is 16.1 Å². The van der Waals surface area contributed by atoms with Gasteiger partial charge in [0.25, 0.3) is 11.8 Å². The molecule has 0 aliphatic carbocycles. The fourth-order valence-corrected chi connectivity index (χ4v) is 2.16. The fourth-order valence-electron chi connectivity index (χ4n) is 2.16. The van der Waals surface area contributed by atoms with E-state index >= 15 is 0 Å². The number of carbonyl (C=O) groups is 2. The van der Waals surface area contributed by atoms with E-state index in [2.05, 4.69) is 5.32 Å². The number of hydrogen-bond donors (Lipinski definition) is 3. The minimum Gasteiger partial charge on any atom is -0.493 e. The molecule has 26 heavy (non-hydrogen) atoms. The molecule has 0 saturated heterocycles. The zero-order valence-corrected chi connectivity index (χ0v) is 14.5. The van der Waals surface area contributed by atoms with Gasteiger partial charge in [-0.1, -0.05) is 0 Å². The second kappa shape index (κ2) is 8.58. The number of ether oxygens (including phenoxy) is 3. The maximum absolute atomic E-state index is 12.6. The monoisotopic (exact) mass is 361 g/mol. The first-order valence-electron chi connectivity index (χ1n) is 7.41. The van der Waals surface area contributed by atoms with Crippen molar-refractivity contribution in [3.63, 3.8) is 0 Å². The predicted molar refractivity (Wildman–Crippen MR) is 92.6 cm³/mol. The minimum absolute atomic E-state index is 0.0961. The lowest BCUT2D eigenvalue weighted by molar-refractivity contribution is -0.117. The number of furan rings is 1. The third-order valence-corrected chi connectivity index (χ3v) is 3.38. The molecule has 0 unspecified atom stereocenters. The summed E-state index contributed by atoms with van der Waals surface area (Å²) in [7, 11) is 4.32. The molecule has 0 aliphatic rings. The minimum atomic E-state index is -0.692. The molecule has 0 saturated carbocycles. The topological polar surface area (TPSA) is 125 Å². The third-order valence-electron chi connectivity index (χ3n) is 3.38. The number of rotatable bonds is 7. The highest BCUT2D eigenvalue weighted by atomic mass is 16.5. The summed E-state index contributed by atoms with van der Waals surface area (Å²) in [6.45, 7) is 0. The first kappa shape index (κ1) is 18.9. The molecular weight excluding hydrogens is 342 g/mol. The Balaban J connectivity index is 2.36. The van der Waals surface area contributed by atoms with Crippen LogP contribution in [0.25, 0.3) is 6.08 Å². The van der Waals surface area contributed by atoms with Gasteiger partial charge < -0.3 is 23.9 Å². The van der Waals surface area contributed by atoms with Gasteiger partial charge in [-0.2, -0.15) is 0 Å². The van der Waals surface area contributed by atoms with Crippen molar-refractivity contribution in [2.75, 3.05) is 21.3 Å². The molecule has 2 aromatic rings. The quantitative estimate of drug-likeness (QED) is 0.291. The van der Waals surface area contributed by atoms with E-state index in [1.54, 1.807) is 12.1 Å². The normalized spacial score (nSPS) is 10.8. The molecule has 0 spiro atoms. The summed E-state index contributed by atoms with van der Waals surface area (Å²) in [4.78, 5) is 24.5. The van der Waals surface area contributed by atoms with Crippen molar-refractivity contribution in [2.45, 2.75) is 0 Å². The second-order valence-electron chi connectivity index (χ2n) is 4.92. The maximum Gasteiger partial charge on any atom is 0.281 e. The predicted octanol–water partition coefficient (Wildman–Crippen LogP) is 1.07. The standard InChI is InChI=1S/C17H19N3O6/c1-23-13-7-10(8-14(24-2)15(13)25-3)16(21)19-12(17(22)20-18)9-11-5-4-6-26-11/h4-9H,18H2,1-3H3,(H,19,21)(H,20,22). The van der Waals surface area contributed by atoms with Gasteiger partial charge in [0.1, 0.15) is 11.5 Å². The van der Waals surface area contributed by atoms with Crippen molar-refractivity contribution in [3.05, 3.63) is 47.5 Å². The van der Waals surface area contributed by atoms with E-state index in [-0.39, 0.29) is 11.3 Å². The molecule has 2 rings (SSSR count). The van der Waals surface area contributed by atoms with Gasteiger partial charge in [0.15, 0.2) is 11.5 Å². The van der Waals surface area contributed by atoms with Gasteiger partial charge >= 0.3 is 0 Å². The van der Waals surface area contributed by atoms with E-state index in [1.807, 2.05) is 5.43 Å². The highest BCUT2D eigenvalue weighted by Gasteiger charge is 2.19. The molecule has 9 heteroatoms. The number of nitrogens with two attached hydrogens (primary N) is 1. The molecule has 0 atom stereocenters. The van der Waals surface area contributed by atoms with Crippen molar-refractivity contribution < 1.29 is 28.2 Å². The van der Waals surface area contributed by atoms with Crippen molar-refractivity contribution in [2.24, 2.45) is 5.84 Å². The lowest BCUT2D eigenvalue weighted by Gasteiger charge is -2.14. The third kappa shape index (κ3) is 4.14. The molecule has 4 N–H and O–H groups in total. The summed E-state index contributed by atoms with van der Waals surface area (Å²) in [6.07, 6.45) is 2.78. The fraction of sp³-hybridized carbons (Fsp3) is 0.176. The first-order valence-corrected chi connectivity index (χ1v) is 7.41. The Morgan fingerprint density at radius 3 is 2.23 bits per heavy atom. The van der Waals surface area contributed by atoms with Crippen LogP contribution in [0.2, 0.25) is 0 Å². The smallest absolute Gasteiger partial charge is 0.281 e.